The zero-order chi connectivity index (χ0) is 53.5. The van der Waals surface area contributed by atoms with Crippen LogP contribution in [0.25, 0.3) is 0 Å². The Kier molecular flexibility index (Phi) is 13.6. The number of rotatable bonds is 12. The molecule has 0 saturated carbocycles. The van der Waals surface area contributed by atoms with Crippen LogP contribution in [0.4, 0.5) is 68.2 Å². The zero-order valence-electron chi connectivity index (χ0n) is 43.4. The summed E-state index contributed by atoms with van der Waals surface area (Å²) >= 11 is 0. The Morgan fingerprint density at radius 1 is 0.163 bits per heavy atom. The maximum absolute atomic E-state index is 6.59. The van der Waals surface area contributed by atoms with Gasteiger partial charge in [-0.2, -0.15) is 0 Å². The third kappa shape index (κ3) is 10.1. The molecule has 0 bridgehead atoms. The Labute approximate surface area is 466 Å². The highest BCUT2D eigenvalue weighted by Crippen LogP contribution is 2.56. The smallest absolute Gasteiger partial charge is 0.194 e. The molecule has 0 radical (unpaired) electrons. The molecule has 0 saturated heterocycles. The molecule has 0 atom stereocenters. The lowest BCUT2D eigenvalue weighted by atomic mass is 10.1. The van der Waals surface area contributed by atoms with Gasteiger partial charge in [-0.25, -0.2) is 0 Å². The van der Waals surface area contributed by atoms with Crippen molar-refractivity contribution >= 4 is 68.2 Å². The lowest BCUT2D eigenvalue weighted by Crippen LogP contribution is -2.15. The van der Waals surface area contributed by atoms with Gasteiger partial charge in [-0.15, -0.1) is 0 Å². The first-order chi connectivity index (χ1) is 39.7. The predicted octanol–water partition coefficient (Wildman–Crippen LogP) is 21.0. The fraction of sp³-hybridized carbons (Fsp3) is 0. The normalized spacial score (nSPS) is 11.4. The van der Waals surface area contributed by atoms with E-state index in [1.807, 2.05) is 146 Å². The second-order valence-corrected chi connectivity index (χ2v) is 18.9. The first-order valence-corrected chi connectivity index (χ1v) is 26.6. The molecule has 12 aromatic rings. The van der Waals surface area contributed by atoms with Crippen LogP contribution in [-0.4, -0.2) is 0 Å². The number of ether oxygens (including phenoxy) is 4. The van der Waals surface area contributed by atoms with E-state index in [1.165, 1.54) is 0 Å². The molecular formula is C72H52N4O4. The molecule has 2 heterocycles. The third-order valence-corrected chi connectivity index (χ3v) is 13.7. The predicted molar refractivity (Wildman–Crippen MR) is 325 cm³/mol. The number of fused-ring (bicyclic) bond motifs is 4. The SMILES string of the molecule is c1ccc(N(c2ccccc2)c2cc3c(c(N(c4ccccc4)c4ccccc4)c2)Oc2ccccc2O3)cc1.c1ccc(N(c2ccccc2)c2ccc3c(c2)Oc2ccc(N(c4ccccc4)c4ccccc4)cc2O3)cc1. The topological polar surface area (TPSA) is 49.9 Å². The minimum absolute atomic E-state index is 0.653. The van der Waals surface area contributed by atoms with E-state index in [0.717, 1.165) is 68.2 Å². The molecule has 2 aliphatic rings. The molecule has 0 aromatic heterocycles. The van der Waals surface area contributed by atoms with Crippen molar-refractivity contribution in [2.75, 3.05) is 19.6 Å². The van der Waals surface area contributed by atoms with Gasteiger partial charge in [-0.3, -0.25) is 0 Å². The van der Waals surface area contributed by atoms with E-state index < -0.39 is 0 Å². The molecule has 12 aromatic carbocycles. The minimum Gasteiger partial charge on any atom is -0.449 e. The van der Waals surface area contributed by atoms with Gasteiger partial charge < -0.3 is 38.5 Å². The lowest BCUT2D eigenvalue weighted by molar-refractivity contribution is 0.360. The van der Waals surface area contributed by atoms with E-state index in [9.17, 15) is 0 Å². The second-order valence-electron chi connectivity index (χ2n) is 18.9. The van der Waals surface area contributed by atoms with Gasteiger partial charge in [0.25, 0.3) is 0 Å². The van der Waals surface area contributed by atoms with Gasteiger partial charge in [0, 0.05) is 63.7 Å². The van der Waals surface area contributed by atoms with Gasteiger partial charge in [0.05, 0.1) is 22.7 Å². The van der Waals surface area contributed by atoms with Crippen molar-refractivity contribution in [2.24, 2.45) is 0 Å². The summed E-state index contributed by atoms with van der Waals surface area (Å²) in [6.07, 6.45) is 0. The molecule has 14 rings (SSSR count). The highest BCUT2D eigenvalue weighted by atomic mass is 16.6. The molecule has 8 heteroatoms. The van der Waals surface area contributed by atoms with Crippen molar-refractivity contribution in [1.29, 1.82) is 0 Å². The van der Waals surface area contributed by atoms with Gasteiger partial charge in [0.2, 0.25) is 0 Å². The molecular weight excluding hydrogens is 985 g/mol. The van der Waals surface area contributed by atoms with Crippen molar-refractivity contribution in [3.63, 3.8) is 0 Å². The summed E-state index contributed by atoms with van der Waals surface area (Å²) in [4.78, 5) is 8.87. The standard InChI is InChI=1S/2C36H26N2O2/c1-5-15-27(16-6-1)37(28-17-7-2-8-18-28)31-25-32(36-35(26-31)39-33-23-13-14-24-34(33)40-36)38(29-19-9-3-10-20-29)30-21-11-4-12-22-30;1-5-13-27(14-6-1)37(28-15-7-2-8-16-28)31-21-23-33-35(25-31)39-34-24-22-32(26-36(34)40-33)38(29-17-9-3-10-18-29)30-19-11-4-12-20-30/h2*1-26H. The largest absolute Gasteiger partial charge is 0.449 e. The van der Waals surface area contributed by atoms with Crippen LogP contribution in [0.5, 0.6) is 46.0 Å². The van der Waals surface area contributed by atoms with Crippen LogP contribution < -0.4 is 38.5 Å². The third-order valence-electron chi connectivity index (χ3n) is 13.7. The number of anilines is 12. The average molecular weight is 1040 g/mol. The second kappa shape index (κ2) is 22.3. The number of nitrogens with zero attached hydrogens (tertiary/aromatic N) is 4. The van der Waals surface area contributed by atoms with E-state index in [-0.39, 0.29) is 0 Å². The van der Waals surface area contributed by atoms with Crippen LogP contribution in [0.2, 0.25) is 0 Å². The minimum atomic E-state index is 0.653. The zero-order valence-corrected chi connectivity index (χ0v) is 43.4. The maximum Gasteiger partial charge on any atom is 0.194 e. The van der Waals surface area contributed by atoms with Crippen molar-refractivity contribution in [3.05, 3.63) is 315 Å². The summed E-state index contributed by atoms with van der Waals surface area (Å²) in [6.45, 7) is 0. The van der Waals surface area contributed by atoms with E-state index >= 15 is 0 Å². The van der Waals surface area contributed by atoms with Crippen LogP contribution in [0.1, 0.15) is 0 Å². The van der Waals surface area contributed by atoms with Crippen molar-refractivity contribution < 1.29 is 18.9 Å². The Morgan fingerprint density at radius 3 is 0.750 bits per heavy atom. The summed E-state index contributed by atoms with van der Waals surface area (Å²) in [7, 11) is 0. The van der Waals surface area contributed by atoms with Gasteiger partial charge >= 0.3 is 0 Å². The number of benzene rings is 12. The first kappa shape index (κ1) is 48.7. The fourth-order valence-corrected chi connectivity index (χ4v) is 10.1. The highest BCUT2D eigenvalue weighted by molar-refractivity contribution is 5.89. The van der Waals surface area contributed by atoms with Crippen LogP contribution in [0.15, 0.2) is 315 Å². The van der Waals surface area contributed by atoms with E-state index in [4.69, 9.17) is 18.9 Å². The molecule has 384 valence electrons. The van der Waals surface area contributed by atoms with E-state index in [1.54, 1.807) is 0 Å². The molecule has 8 nitrogen and oxygen atoms in total. The van der Waals surface area contributed by atoms with Crippen molar-refractivity contribution in [2.45, 2.75) is 0 Å². The summed E-state index contributed by atoms with van der Waals surface area (Å²) in [5, 5.41) is 0. The van der Waals surface area contributed by atoms with Gasteiger partial charge in [0.1, 0.15) is 0 Å². The van der Waals surface area contributed by atoms with E-state index in [0.29, 0.717) is 46.0 Å². The quantitative estimate of drug-likeness (QED) is 0.120. The van der Waals surface area contributed by atoms with E-state index in [2.05, 4.69) is 189 Å². The number of hydrogen-bond donors (Lipinski definition) is 0. The summed E-state index contributed by atoms with van der Waals surface area (Å²) in [6, 6.07) is 107. The van der Waals surface area contributed by atoms with Crippen LogP contribution in [-0.2, 0) is 0 Å². The molecule has 0 unspecified atom stereocenters. The van der Waals surface area contributed by atoms with Crippen LogP contribution >= 0.6 is 0 Å². The monoisotopic (exact) mass is 1040 g/mol. The van der Waals surface area contributed by atoms with Gasteiger partial charge in [0.15, 0.2) is 46.0 Å². The van der Waals surface area contributed by atoms with Crippen LogP contribution in [0.3, 0.4) is 0 Å². The van der Waals surface area contributed by atoms with Crippen molar-refractivity contribution in [3.8, 4) is 46.0 Å². The maximum atomic E-state index is 6.59. The fourth-order valence-electron chi connectivity index (χ4n) is 10.1. The Balaban J connectivity index is 0.000000151. The van der Waals surface area contributed by atoms with Crippen molar-refractivity contribution in [1.82, 2.24) is 0 Å². The highest BCUT2D eigenvalue weighted by Gasteiger charge is 2.30. The molecule has 0 spiro atoms. The Hall–Kier alpha value is -11.0. The average Bonchev–Trinajstić information content (AvgIpc) is 3.53. The molecule has 80 heavy (non-hydrogen) atoms. The molecule has 0 N–H and O–H groups in total. The van der Waals surface area contributed by atoms with Crippen LogP contribution in [0, 0.1) is 0 Å². The summed E-state index contributed by atoms with van der Waals surface area (Å²) in [5.74, 6) is 5.41. The lowest BCUT2D eigenvalue weighted by Gasteiger charge is -2.33. The first-order valence-electron chi connectivity index (χ1n) is 26.6. The van der Waals surface area contributed by atoms with Gasteiger partial charge in [-0.05, 0) is 140 Å². The molecule has 0 amide bonds. The summed E-state index contributed by atoms with van der Waals surface area (Å²) in [5.41, 5.74) is 12.2. The number of hydrogen-bond acceptors (Lipinski definition) is 8. The Morgan fingerprint density at radius 2 is 0.412 bits per heavy atom. The molecule has 0 aliphatic carbocycles. The summed E-state index contributed by atoms with van der Waals surface area (Å²) < 4.78 is 25.9. The number of para-hydroxylation sites is 10. The Bertz CT molecular complexity index is 3720. The van der Waals surface area contributed by atoms with Gasteiger partial charge in [-0.1, -0.05) is 158 Å². The molecule has 2 aliphatic heterocycles. The molecule has 0 fully saturated rings.